The highest BCUT2D eigenvalue weighted by Gasteiger charge is 2.17. The van der Waals surface area contributed by atoms with Crippen LogP contribution in [0, 0.1) is 5.92 Å². The highest BCUT2D eigenvalue weighted by molar-refractivity contribution is 5.79. The van der Waals surface area contributed by atoms with E-state index in [0.717, 1.165) is 13.1 Å². The zero-order valence-electron chi connectivity index (χ0n) is 10.5. The Morgan fingerprint density at radius 2 is 2.06 bits per heavy atom. The second-order valence-electron chi connectivity index (χ2n) is 4.24. The van der Waals surface area contributed by atoms with Gasteiger partial charge in [0, 0.05) is 13.1 Å². The number of hydrogen-bond donors (Lipinski definition) is 3. The number of nitrogens with one attached hydrogen (secondary N) is 2. The summed E-state index contributed by atoms with van der Waals surface area (Å²) in [7, 11) is 0. The van der Waals surface area contributed by atoms with Gasteiger partial charge in [-0.1, -0.05) is 6.92 Å². The summed E-state index contributed by atoms with van der Waals surface area (Å²) in [6.45, 7) is 9.57. The van der Waals surface area contributed by atoms with Gasteiger partial charge in [0.25, 0.3) is 0 Å². The van der Waals surface area contributed by atoms with Crippen LogP contribution in [-0.2, 0) is 0 Å². The van der Waals surface area contributed by atoms with Gasteiger partial charge < -0.3 is 10.2 Å². The van der Waals surface area contributed by atoms with E-state index in [4.69, 9.17) is 5.84 Å². The minimum Gasteiger partial charge on any atom is -0.356 e. The average molecular weight is 227 g/mol. The van der Waals surface area contributed by atoms with Crippen LogP contribution in [0.1, 0.15) is 26.7 Å². The van der Waals surface area contributed by atoms with Crippen molar-refractivity contribution < 1.29 is 0 Å². The number of hydrazine groups is 1. The zero-order chi connectivity index (χ0) is 11.8. The zero-order valence-corrected chi connectivity index (χ0v) is 10.5. The third-order valence-corrected chi connectivity index (χ3v) is 3.14. The number of likely N-dealkylation sites (tertiary alicyclic amines) is 1. The lowest BCUT2D eigenvalue weighted by molar-refractivity contribution is 0.196. The summed E-state index contributed by atoms with van der Waals surface area (Å²) in [6.07, 6.45) is 2.50. The molecule has 5 heteroatoms. The largest absolute Gasteiger partial charge is 0.356 e. The Hall–Kier alpha value is -0.810. The van der Waals surface area contributed by atoms with Crippen LogP contribution in [0.3, 0.4) is 0 Å². The van der Waals surface area contributed by atoms with E-state index in [1.165, 1.54) is 32.5 Å². The van der Waals surface area contributed by atoms with E-state index >= 15 is 0 Å². The quantitative estimate of drug-likeness (QED) is 0.277. The molecule has 16 heavy (non-hydrogen) atoms. The molecular formula is C11H25N5. The first kappa shape index (κ1) is 13.3. The summed E-state index contributed by atoms with van der Waals surface area (Å²) in [5, 5.41) is 3.10. The van der Waals surface area contributed by atoms with Gasteiger partial charge in [-0.15, -0.1) is 0 Å². The maximum absolute atomic E-state index is 5.37. The minimum absolute atomic E-state index is 0.709. The van der Waals surface area contributed by atoms with Crippen molar-refractivity contribution in [3.63, 3.8) is 0 Å². The maximum Gasteiger partial charge on any atom is 0.205 e. The molecule has 0 unspecified atom stereocenters. The molecular weight excluding hydrogens is 202 g/mol. The van der Waals surface area contributed by atoms with E-state index in [1.54, 1.807) is 0 Å². The Morgan fingerprint density at radius 3 is 2.56 bits per heavy atom. The number of piperidine rings is 1. The lowest BCUT2D eigenvalue weighted by atomic mass is 9.97. The number of hydrogen-bond acceptors (Lipinski definition) is 3. The second kappa shape index (κ2) is 7.46. The summed E-state index contributed by atoms with van der Waals surface area (Å²) in [4.78, 5) is 6.95. The van der Waals surface area contributed by atoms with Gasteiger partial charge in [0.1, 0.15) is 0 Å². The molecule has 0 aromatic rings. The number of nitrogens with two attached hydrogens (primary N) is 1. The Morgan fingerprint density at radius 1 is 1.38 bits per heavy atom. The second-order valence-corrected chi connectivity index (χ2v) is 4.24. The van der Waals surface area contributed by atoms with Crippen molar-refractivity contribution in [1.29, 1.82) is 0 Å². The molecule has 0 amide bonds. The molecule has 94 valence electrons. The number of guanidine groups is 1. The molecule has 1 fully saturated rings. The molecule has 0 saturated carbocycles. The first-order chi connectivity index (χ1) is 7.80. The Kier molecular flexibility index (Phi) is 6.18. The molecule has 1 aliphatic heterocycles. The monoisotopic (exact) mass is 227 g/mol. The molecule has 1 saturated heterocycles. The van der Waals surface area contributed by atoms with Crippen LogP contribution in [0.2, 0.25) is 0 Å². The molecule has 0 spiro atoms. The molecule has 0 radical (unpaired) electrons. The fourth-order valence-corrected chi connectivity index (χ4v) is 2.03. The van der Waals surface area contributed by atoms with Gasteiger partial charge in [-0.2, -0.15) is 0 Å². The van der Waals surface area contributed by atoms with Crippen LogP contribution in [0.5, 0.6) is 0 Å². The van der Waals surface area contributed by atoms with Crippen LogP contribution < -0.4 is 16.6 Å². The predicted octanol–water partition coefficient (Wildman–Crippen LogP) is 0.147. The maximum atomic E-state index is 5.37. The van der Waals surface area contributed by atoms with Crippen LogP contribution in [0.4, 0.5) is 0 Å². The molecule has 5 nitrogen and oxygen atoms in total. The van der Waals surface area contributed by atoms with Crippen molar-refractivity contribution in [3.05, 3.63) is 0 Å². The first-order valence-corrected chi connectivity index (χ1v) is 6.27. The summed E-state index contributed by atoms with van der Waals surface area (Å²) in [6, 6.07) is 0. The van der Waals surface area contributed by atoms with Crippen molar-refractivity contribution >= 4 is 5.96 Å². The van der Waals surface area contributed by atoms with Crippen molar-refractivity contribution in [2.75, 3.05) is 32.7 Å². The fraction of sp³-hybridized carbons (Fsp3) is 0.909. The van der Waals surface area contributed by atoms with Gasteiger partial charge in [0.15, 0.2) is 0 Å². The van der Waals surface area contributed by atoms with Gasteiger partial charge >= 0.3 is 0 Å². The lowest BCUT2D eigenvalue weighted by Gasteiger charge is -2.30. The number of rotatable bonds is 4. The number of nitrogens with zero attached hydrogens (tertiary/aromatic N) is 2. The van der Waals surface area contributed by atoms with E-state index < -0.39 is 0 Å². The van der Waals surface area contributed by atoms with Gasteiger partial charge in [0.2, 0.25) is 5.96 Å². The molecule has 4 N–H and O–H groups in total. The summed E-state index contributed by atoms with van der Waals surface area (Å²) >= 11 is 0. The van der Waals surface area contributed by atoms with E-state index in [0.29, 0.717) is 11.9 Å². The van der Waals surface area contributed by atoms with Crippen molar-refractivity contribution in [2.45, 2.75) is 26.7 Å². The predicted molar refractivity (Wildman–Crippen MR) is 68.1 cm³/mol. The minimum atomic E-state index is 0.709. The third-order valence-electron chi connectivity index (χ3n) is 3.14. The van der Waals surface area contributed by atoms with Crippen LogP contribution in [0.15, 0.2) is 4.99 Å². The summed E-state index contributed by atoms with van der Waals surface area (Å²) in [5.41, 5.74) is 2.59. The fourth-order valence-electron chi connectivity index (χ4n) is 2.03. The Labute approximate surface area is 98.4 Å². The first-order valence-electron chi connectivity index (χ1n) is 6.27. The Bertz CT molecular complexity index is 208. The van der Waals surface area contributed by atoms with Gasteiger partial charge in [-0.05, 0) is 45.3 Å². The van der Waals surface area contributed by atoms with Crippen LogP contribution in [0.25, 0.3) is 0 Å². The van der Waals surface area contributed by atoms with Crippen molar-refractivity contribution in [1.82, 2.24) is 15.6 Å². The molecule has 1 aliphatic rings. The SMILES string of the molecule is CCNC(=NCC1CCN(CC)CC1)NN. The topological polar surface area (TPSA) is 65.7 Å². The van der Waals surface area contributed by atoms with E-state index in [1.807, 2.05) is 6.92 Å². The molecule has 0 bridgehead atoms. The molecule has 0 aromatic heterocycles. The molecule has 0 aliphatic carbocycles. The summed E-state index contributed by atoms with van der Waals surface area (Å²) in [5.74, 6) is 6.79. The molecule has 1 heterocycles. The van der Waals surface area contributed by atoms with Crippen LogP contribution >= 0.6 is 0 Å². The smallest absolute Gasteiger partial charge is 0.205 e. The normalized spacial score (nSPS) is 19.8. The van der Waals surface area contributed by atoms with Gasteiger partial charge in [0.05, 0.1) is 0 Å². The van der Waals surface area contributed by atoms with Crippen LogP contribution in [-0.4, -0.2) is 43.6 Å². The highest BCUT2D eigenvalue weighted by atomic mass is 15.3. The lowest BCUT2D eigenvalue weighted by Crippen LogP contribution is -2.42. The van der Waals surface area contributed by atoms with Gasteiger partial charge in [-0.25, -0.2) is 5.84 Å². The average Bonchev–Trinajstić information content (AvgIpc) is 2.35. The van der Waals surface area contributed by atoms with Crippen molar-refractivity contribution in [3.8, 4) is 0 Å². The summed E-state index contributed by atoms with van der Waals surface area (Å²) < 4.78 is 0. The highest BCUT2D eigenvalue weighted by Crippen LogP contribution is 2.16. The molecule has 1 rings (SSSR count). The standard InChI is InChI=1S/C11H25N5/c1-3-13-11(15-12)14-9-10-5-7-16(4-2)8-6-10/h10H,3-9,12H2,1-2H3,(H2,13,14,15). The third kappa shape index (κ3) is 4.37. The molecule has 0 aromatic carbocycles. The van der Waals surface area contributed by atoms with Gasteiger partial charge in [-0.3, -0.25) is 10.4 Å². The molecule has 0 atom stereocenters. The van der Waals surface area contributed by atoms with E-state index in [-0.39, 0.29) is 0 Å². The Balaban J connectivity index is 2.27. The van der Waals surface area contributed by atoms with E-state index in [9.17, 15) is 0 Å². The van der Waals surface area contributed by atoms with Crippen molar-refractivity contribution in [2.24, 2.45) is 16.8 Å². The number of aliphatic imine (C=N–C) groups is 1. The van der Waals surface area contributed by atoms with E-state index in [2.05, 4.69) is 27.6 Å².